The molecule has 0 amide bonds. The van der Waals surface area contributed by atoms with Gasteiger partial charge < -0.3 is 5.32 Å². The molecule has 0 spiro atoms. The van der Waals surface area contributed by atoms with Crippen LogP contribution in [0.2, 0.25) is 5.02 Å². The molecule has 1 aromatic heterocycles. The summed E-state index contributed by atoms with van der Waals surface area (Å²) in [7, 11) is -2.99. The molecule has 2 heterocycles. The van der Waals surface area contributed by atoms with Crippen LogP contribution in [-0.2, 0) is 16.0 Å². The summed E-state index contributed by atoms with van der Waals surface area (Å²) in [5.74, 6) is 0.259. The normalized spacial score (nSPS) is 19.8. The van der Waals surface area contributed by atoms with Gasteiger partial charge in [0.25, 0.3) is 0 Å². The van der Waals surface area contributed by atoms with Gasteiger partial charge in [0.05, 0.1) is 22.1 Å². The van der Waals surface area contributed by atoms with E-state index in [1.165, 1.54) is 0 Å². The number of nitrogens with one attached hydrogen (secondary N) is 1. The Bertz CT molecular complexity index is 590. The molecule has 1 saturated heterocycles. The molecule has 0 aromatic carbocycles. The lowest BCUT2D eigenvalue weighted by Gasteiger charge is -2.24. The summed E-state index contributed by atoms with van der Waals surface area (Å²) in [6.45, 7) is 0. The molecular formula is C11H12ClF3N2O2S. The lowest BCUT2D eigenvalue weighted by molar-refractivity contribution is -0.137. The van der Waals surface area contributed by atoms with Crippen molar-refractivity contribution in [3.8, 4) is 0 Å². The van der Waals surface area contributed by atoms with Gasteiger partial charge in [-0.1, -0.05) is 11.6 Å². The topological polar surface area (TPSA) is 59.1 Å². The molecule has 0 unspecified atom stereocenters. The van der Waals surface area contributed by atoms with Gasteiger partial charge in [-0.3, -0.25) is 0 Å². The van der Waals surface area contributed by atoms with Crippen LogP contribution in [0, 0.1) is 0 Å². The number of nitrogens with zero attached hydrogens (tertiary/aromatic N) is 1. The third-order valence-electron chi connectivity index (χ3n) is 3.06. The fourth-order valence-electron chi connectivity index (χ4n) is 1.93. The van der Waals surface area contributed by atoms with Gasteiger partial charge in [0.1, 0.15) is 15.7 Å². The summed E-state index contributed by atoms with van der Waals surface area (Å²) in [5.41, 5.74) is -0.917. The van der Waals surface area contributed by atoms with Gasteiger partial charge in [0.2, 0.25) is 0 Å². The number of aromatic nitrogens is 1. The van der Waals surface area contributed by atoms with Crippen LogP contribution < -0.4 is 5.32 Å². The van der Waals surface area contributed by atoms with Crippen LogP contribution in [0.5, 0.6) is 0 Å². The van der Waals surface area contributed by atoms with Crippen molar-refractivity contribution < 1.29 is 21.6 Å². The van der Waals surface area contributed by atoms with Gasteiger partial charge in [0, 0.05) is 12.2 Å². The van der Waals surface area contributed by atoms with Crippen LogP contribution in [0.4, 0.5) is 19.0 Å². The monoisotopic (exact) mass is 328 g/mol. The van der Waals surface area contributed by atoms with Crippen LogP contribution in [0.25, 0.3) is 0 Å². The summed E-state index contributed by atoms with van der Waals surface area (Å²) in [6.07, 6.45) is -3.01. The summed E-state index contributed by atoms with van der Waals surface area (Å²) in [6, 6.07) is 0.650. The van der Waals surface area contributed by atoms with Crippen molar-refractivity contribution in [2.45, 2.75) is 25.1 Å². The number of halogens is 4. The van der Waals surface area contributed by atoms with Crippen LogP contribution in [0.3, 0.4) is 0 Å². The standard InChI is InChI=1S/C11H12ClF3N2O2S/c12-9-5-7(11(13,14)15)6-16-10(9)17-8-1-3-20(18,19)4-2-8/h5-6,8H,1-4H2,(H,16,17). The van der Waals surface area contributed by atoms with E-state index in [0.717, 1.165) is 6.07 Å². The van der Waals surface area contributed by atoms with E-state index in [9.17, 15) is 21.6 Å². The van der Waals surface area contributed by atoms with E-state index in [4.69, 9.17) is 11.6 Å². The number of rotatable bonds is 2. The number of anilines is 1. The molecule has 2 rings (SSSR count). The Kier molecular flexibility index (Phi) is 4.15. The second-order valence-corrected chi connectivity index (χ2v) is 7.33. The fourth-order valence-corrected chi connectivity index (χ4v) is 3.64. The Morgan fingerprint density at radius 3 is 2.40 bits per heavy atom. The van der Waals surface area contributed by atoms with Crippen LogP contribution in [0.1, 0.15) is 18.4 Å². The zero-order valence-electron chi connectivity index (χ0n) is 10.2. The Morgan fingerprint density at radius 2 is 1.90 bits per heavy atom. The Balaban J connectivity index is 2.08. The highest BCUT2D eigenvalue weighted by Gasteiger charge is 2.32. The first-order chi connectivity index (χ1) is 9.17. The van der Waals surface area contributed by atoms with Gasteiger partial charge in [0.15, 0.2) is 0 Å². The van der Waals surface area contributed by atoms with E-state index in [0.29, 0.717) is 19.0 Å². The molecule has 1 aliphatic rings. The van der Waals surface area contributed by atoms with Crippen molar-refractivity contribution in [2.24, 2.45) is 0 Å². The molecule has 20 heavy (non-hydrogen) atoms. The van der Waals surface area contributed by atoms with E-state index in [-0.39, 0.29) is 28.4 Å². The highest BCUT2D eigenvalue weighted by Crippen LogP contribution is 2.32. The van der Waals surface area contributed by atoms with Gasteiger partial charge >= 0.3 is 6.18 Å². The minimum Gasteiger partial charge on any atom is -0.366 e. The quantitative estimate of drug-likeness (QED) is 0.907. The summed E-state index contributed by atoms with van der Waals surface area (Å²) < 4.78 is 59.9. The maximum Gasteiger partial charge on any atom is 0.417 e. The van der Waals surface area contributed by atoms with E-state index >= 15 is 0 Å². The summed E-state index contributed by atoms with van der Waals surface area (Å²) in [5, 5.41) is 2.76. The molecule has 1 fully saturated rings. The van der Waals surface area contributed by atoms with E-state index in [1.54, 1.807) is 0 Å². The third-order valence-corrected chi connectivity index (χ3v) is 5.07. The minimum atomic E-state index is -4.49. The smallest absolute Gasteiger partial charge is 0.366 e. The molecule has 112 valence electrons. The molecule has 1 aliphatic heterocycles. The van der Waals surface area contributed by atoms with E-state index < -0.39 is 21.6 Å². The van der Waals surface area contributed by atoms with Crippen molar-refractivity contribution in [3.05, 3.63) is 22.8 Å². The molecule has 0 atom stereocenters. The number of alkyl halides is 3. The van der Waals surface area contributed by atoms with Crippen LogP contribution >= 0.6 is 11.6 Å². The van der Waals surface area contributed by atoms with Gasteiger partial charge in [-0.15, -0.1) is 0 Å². The maximum atomic E-state index is 12.5. The zero-order valence-corrected chi connectivity index (χ0v) is 11.8. The van der Waals surface area contributed by atoms with Crippen molar-refractivity contribution >= 4 is 27.3 Å². The molecule has 0 aliphatic carbocycles. The van der Waals surface area contributed by atoms with E-state index in [2.05, 4.69) is 10.3 Å². The molecule has 0 bridgehead atoms. The molecular weight excluding hydrogens is 317 g/mol. The molecule has 0 radical (unpaired) electrons. The SMILES string of the molecule is O=S1(=O)CCC(Nc2ncc(C(F)(F)F)cc2Cl)CC1. The maximum absolute atomic E-state index is 12.5. The number of hydrogen-bond acceptors (Lipinski definition) is 4. The zero-order chi connectivity index (χ0) is 15.0. The Hall–Kier alpha value is -1.02. The first-order valence-corrected chi connectivity index (χ1v) is 8.07. The second kappa shape index (κ2) is 5.40. The molecule has 9 heteroatoms. The largest absolute Gasteiger partial charge is 0.417 e. The number of hydrogen-bond donors (Lipinski definition) is 1. The fraction of sp³-hybridized carbons (Fsp3) is 0.545. The van der Waals surface area contributed by atoms with E-state index in [1.807, 2.05) is 0 Å². The van der Waals surface area contributed by atoms with Gasteiger partial charge in [-0.25, -0.2) is 13.4 Å². The molecule has 0 saturated carbocycles. The van der Waals surface area contributed by atoms with Gasteiger partial charge in [-0.2, -0.15) is 13.2 Å². The average Bonchev–Trinajstić information content (AvgIpc) is 2.33. The van der Waals surface area contributed by atoms with Crippen molar-refractivity contribution in [2.75, 3.05) is 16.8 Å². The Morgan fingerprint density at radius 1 is 1.30 bits per heavy atom. The molecule has 1 N–H and O–H groups in total. The number of pyridine rings is 1. The van der Waals surface area contributed by atoms with Crippen molar-refractivity contribution in [1.82, 2.24) is 4.98 Å². The van der Waals surface area contributed by atoms with Gasteiger partial charge in [-0.05, 0) is 18.9 Å². The third kappa shape index (κ3) is 3.76. The minimum absolute atomic E-state index is 0.0585. The number of sulfone groups is 1. The first kappa shape index (κ1) is 15.4. The predicted molar refractivity (Wildman–Crippen MR) is 69.5 cm³/mol. The molecule has 1 aromatic rings. The molecule has 4 nitrogen and oxygen atoms in total. The van der Waals surface area contributed by atoms with Crippen molar-refractivity contribution in [1.29, 1.82) is 0 Å². The Labute approximate surface area is 119 Å². The predicted octanol–water partition coefficient (Wildman–Crippen LogP) is 2.74. The average molecular weight is 329 g/mol. The highest BCUT2D eigenvalue weighted by molar-refractivity contribution is 7.91. The second-order valence-electron chi connectivity index (χ2n) is 4.62. The summed E-state index contributed by atoms with van der Waals surface area (Å²) >= 11 is 5.77. The van der Waals surface area contributed by atoms with Crippen LogP contribution in [0.15, 0.2) is 12.3 Å². The lowest BCUT2D eigenvalue weighted by atomic mass is 10.1. The van der Waals surface area contributed by atoms with Crippen molar-refractivity contribution in [3.63, 3.8) is 0 Å². The summed E-state index contributed by atoms with van der Waals surface area (Å²) in [4.78, 5) is 3.66. The lowest BCUT2D eigenvalue weighted by Crippen LogP contribution is -2.32. The van der Waals surface area contributed by atoms with Crippen LogP contribution in [-0.4, -0.2) is 30.9 Å². The first-order valence-electron chi connectivity index (χ1n) is 5.87. The highest BCUT2D eigenvalue weighted by atomic mass is 35.5.